The molecular formula is C9H15N3O. The fraction of sp³-hybridized carbons (Fsp3) is 0.556. The van der Waals surface area contributed by atoms with E-state index in [0.717, 1.165) is 6.54 Å². The highest BCUT2D eigenvalue weighted by atomic mass is 16.1. The van der Waals surface area contributed by atoms with E-state index in [1.165, 1.54) is 0 Å². The fourth-order valence-corrected chi connectivity index (χ4v) is 1.10. The summed E-state index contributed by atoms with van der Waals surface area (Å²) < 4.78 is 1.62. The van der Waals surface area contributed by atoms with E-state index in [2.05, 4.69) is 24.1 Å². The Hall–Kier alpha value is -1.32. The molecule has 1 aromatic rings. The Morgan fingerprint density at radius 1 is 1.62 bits per heavy atom. The van der Waals surface area contributed by atoms with Crippen LogP contribution < -0.4 is 11.0 Å². The van der Waals surface area contributed by atoms with Gasteiger partial charge in [0.05, 0.1) is 0 Å². The zero-order valence-corrected chi connectivity index (χ0v) is 8.24. The molecule has 0 bridgehead atoms. The molecule has 0 saturated carbocycles. The van der Waals surface area contributed by atoms with Crippen LogP contribution >= 0.6 is 0 Å². The van der Waals surface area contributed by atoms with Crippen LogP contribution in [0.25, 0.3) is 0 Å². The average molecular weight is 181 g/mol. The van der Waals surface area contributed by atoms with Crippen LogP contribution in [0.15, 0.2) is 17.1 Å². The third-order valence-electron chi connectivity index (χ3n) is 1.69. The SMILES string of the molecule is CNc1ccn(CC(C)C)c(=O)n1. The summed E-state index contributed by atoms with van der Waals surface area (Å²) in [7, 11) is 1.74. The molecule has 72 valence electrons. The van der Waals surface area contributed by atoms with Gasteiger partial charge in [0.25, 0.3) is 0 Å². The standard InChI is InChI=1S/C9H15N3O/c1-7(2)6-12-5-4-8(10-3)11-9(12)13/h4-5,7H,6H2,1-3H3,(H,10,11,13). The molecule has 0 aliphatic carbocycles. The van der Waals surface area contributed by atoms with Gasteiger partial charge in [-0.3, -0.25) is 4.57 Å². The molecule has 0 aliphatic heterocycles. The van der Waals surface area contributed by atoms with E-state index in [9.17, 15) is 4.79 Å². The number of nitrogens with zero attached hydrogens (tertiary/aromatic N) is 2. The van der Waals surface area contributed by atoms with Gasteiger partial charge < -0.3 is 5.32 Å². The first-order chi connectivity index (χ1) is 6.13. The first kappa shape index (κ1) is 9.77. The van der Waals surface area contributed by atoms with Crippen LogP contribution in [-0.4, -0.2) is 16.6 Å². The molecule has 0 aliphatic rings. The molecule has 1 rings (SSSR count). The minimum absolute atomic E-state index is 0.194. The maximum absolute atomic E-state index is 11.3. The summed E-state index contributed by atoms with van der Waals surface area (Å²) in [5.74, 6) is 1.07. The molecule has 0 radical (unpaired) electrons. The molecule has 4 nitrogen and oxygen atoms in total. The van der Waals surface area contributed by atoms with Crippen molar-refractivity contribution >= 4 is 5.82 Å². The van der Waals surface area contributed by atoms with Crippen LogP contribution in [0.2, 0.25) is 0 Å². The molecule has 4 heteroatoms. The quantitative estimate of drug-likeness (QED) is 0.755. The third-order valence-corrected chi connectivity index (χ3v) is 1.69. The van der Waals surface area contributed by atoms with Gasteiger partial charge in [-0.25, -0.2) is 4.79 Å². The van der Waals surface area contributed by atoms with E-state index in [1.807, 2.05) is 0 Å². The number of hydrogen-bond acceptors (Lipinski definition) is 3. The minimum Gasteiger partial charge on any atom is -0.373 e. The van der Waals surface area contributed by atoms with E-state index < -0.39 is 0 Å². The second kappa shape index (κ2) is 4.07. The Kier molecular flexibility index (Phi) is 3.06. The third kappa shape index (κ3) is 2.57. The Morgan fingerprint density at radius 2 is 2.31 bits per heavy atom. The lowest BCUT2D eigenvalue weighted by atomic mass is 10.2. The van der Waals surface area contributed by atoms with Crippen molar-refractivity contribution in [2.75, 3.05) is 12.4 Å². The Labute approximate surface area is 77.6 Å². The largest absolute Gasteiger partial charge is 0.373 e. The number of aromatic nitrogens is 2. The average Bonchev–Trinajstić information content (AvgIpc) is 2.08. The van der Waals surface area contributed by atoms with Gasteiger partial charge in [0.1, 0.15) is 5.82 Å². The minimum atomic E-state index is -0.194. The highest BCUT2D eigenvalue weighted by molar-refractivity contribution is 5.30. The van der Waals surface area contributed by atoms with E-state index in [-0.39, 0.29) is 5.69 Å². The summed E-state index contributed by atoms with van der Waals surface area (Å²) in [5, 5.41) is 2.82. The van der Waals surface area contributed by atoms with Crippen LogP contribution in [0.5, 0.6) is 0 Å². The topological polar surface area (TPSA) is 46.9 Å². The zero-order chi connectivity index (χ0) is 9.84. The van der Waals surface area contributed by atoms with Crippen LogP contribution in [0.1, 0.15) is 13.8 Å². The van der Waals surface area contributed by atoms with Gasteiger partial charge in [-0.05, 0) is 12.0 Å². The zero-order valence-electron chi connectivity index (χ0n) is 8.24. The summed E-state index contributed by atoms with van der Waals surface area (Å²) >= 11 is 0. The summed E-state index contributed by atoms with van der Waals surface area (Å²) in [6, 6.07) is 1.80. The fourth-order valence-electron chi connectivity index (χ4n) is 1.10. The van der Waals surface area contributed by atoms with Crippen molar-refractivity contribution in [2.24, 2.45) is 5.92 Å². The molecule has 0 fully saturated rings. The second-order valence-electron chi connectivity index (χ2n) is 3.39. The van der Waals surface area contributed by atoms with Crippen molar-refractivity contribution in [1.29, 1.82) is 0 Å². The molecular weight excluding hydrogens is 166 g/mol. The van der Waals surface area contributed by atoms with E-state index >= 15 is 0 Å². The Bertz CT molecular complexity index is 330. The molecule has 0 saturated heterocycles. The number of rotatable bonds is 3. The maximum Gasteiger partial charge on any atom is 0.349 e. The molecule has 1 heterocycles. The van der Waals surface area contributed by atoms with E-state index in [0.29, 0.717) is 11.7 Å². The Balaban J connectivity index is 2.92. The van der Waals surface area contributed by atoms with E-state index in [1.54, 1.807) is 23.9 Å². The lowest BCUT2D eigenvalue weighted by Gasteiger charge is -2.07. The molecule has 1 N–H and O–H groups in total. The first-order valence-electron chi connectivity index (χ1n) is 4.38. The summed E-state index contributed by atoms with van der Waals surface area (Å²) in [6.45, 7) is 4.85. The van der Waals surface area contributed by atoms with Gasteiger partial charge in [0.2, 0.25) is 0 Å². The van der Waals surface area contributed by atoms with Gasteiger partial charge in [0, 0.05) is 19.8 Å². The maximum atomic E-state index is 11.3. The van der Waals surface area contributed by atoms with E-state index in [4.69, 9.17) is 0 Å². The highest BCUT2D eigenvalue weighted by Crippen LogP contribution is 1.98. The van der Waals surface area contributed by atoms with Gasteiger partial charge in [-0.1, -0.05) is 13.8 Å². The molecule has 0 atom stereocenters. The molecule has 0 aromatic carbocycles. The van der Waals surface area contributed by atoms with Crippen LogP contribution in [0, 0.1) is 5.92 Å². The Morgan fingerprint density at radius 3 is 2.77 bits per heavy atom. The van der Waals surface area contributed by atoms with Crippen molar-refractivity contribution in [3.63, 3.8) is 0 Å². The predicted molar refractivity (Wildman–Crippen MR) is 52.9 cm³/mol. The summed E-state index contributed by atoms with van der Waals surface area (Å²) in [5.41, 5.74) is -0.194. The molecule has 0 amide bonds. The normalized spacial score (nSPS) is 10.5. The lowest BCUT2D eigenvalue weighted by Crippen LogP contribution is -2.24. The molecule has 1 aromatic heterocycles. The van der Waals surface area contributed by atoms with Gasteiger partial charge in [-0.15, -0.1) is 0 Å². The van der Waals surface area contributed by atoms with Crippen molar-refractivity contribution in [1.82, 2.24) is 9.55 Å². The predicted octanol–water partition coefficient (Wildman–Crippen LogP) is 0.941. The van der Waals surface area contributed by atoms with Crippen molar-refractivity contribution in [2.45, 2.75) is 20.4 Å². The summed E-state index contributed by atoms with van der Waals surface area (Å²) in [4.78, 5) is 15.2. The highest BCUT2D eigenvalue weighted by Gasteiger charge is 2.00. The monoisotopic (exact) mass is 181 g/mol. The summed E-state index contributed by atoms with van der Waals surface area (Å²) in [6.07, 6.45) is 1.77. The number of anilines is 1. The van der Waals surface area contributed by atoms with Crippen molar-refractivity contribution in [3.05, 3.63) is 22.7 Å². The molecule has 0 unspecified atom stereocenters. The smallest absolute Gasteiger partial charge is 0.349 e. The first-order valence-corrected chi connectivity index (χ1v) is 4.38. The van der Waals surface area contributed by atoms with Gasteiger partial charge >= 0.3 is 5.69 Å². The number of hydrogen-bond donors (Lipinski definition) is 1. The van der Waals surface area contributed by atoms with Crippen LogP contribution in [0.4, 0.5) is 5.82 Å². The second-order valence-corrected chi connectivity index (χ2v) is 3.39. The molecule has 0 spiro atoms. The van der Waals surface area contributed by atoms with Gasteiger partial charge in [0.15, 0.2) is 0 Å². The van der Waals surface area contributed by atoms with Gasteiger partial charge in [-0.2, -0.15) is 4.98 Å². The van der Waals surface area contributed by atoms with Crippen molar-refractivity contribution < 1.29 is 0 Å². The van der Waals surface area contributed by atoms with Crippen LogP contribution in [-0.2, 0) is 6.54 Å². The lowest BCUT2D eigenvalue weighted by molar-refractivity contribution is 0.503. The number of nitrogens with one attached hydrogen (secondary N) is 1. The van der Waals surface area contributed by atoms with Crippen molar-refractivity contribution in [3.8, 4) is 0 Å². The molecule has 13 heavy (non-hydrogen) atoms. The van der Waals surface area contributed by atoms with Crippen LogP contribution in [0.3, 0.4) is 0 Å².